The highest BCUT2D eigenvalue weighted by Gasteiger charge is 2.25. The second-order valence-electron chi connectivity index (χ2n) is 9.88. The number of aryl methyl sites for hydroxylation is 1. The third-order valence-corrected chi connectivity index (χ3v) is 5.13. The molecule has 0 aromatic heterocycles. The number of rotatable bonds is 10. The summed E-state index contributed by atoms with van der Waals surface area (Å²) in [5.41, 5.74) is 5.23. The van der Waals surface area contributed by atoms with E-state index in [0.717, 1.165) is 40.7 Å². The number of aldehydes is 1. The van der Waals surface area contributed by atoms with Crippen LogP contribution in [0.15, 0.2) is 41.1 Å². The fraction of sp³-hybridized carbons (Fsp3) is 0.625. The van der Waals surface area contributed by atoms with Gasteiger partial charge in [0.15, 0.2) is 0 Å². The Labute approximate surface area is 224 Å². The van der Waals surface area contributed by atoms with Gasteiger partial charge >= 0.3 is 0 Å². The average molecular weight is 504 g/mol. The van der Waals surface area contributed by atoms with Crippen LogP contribution in [-0.2, 0) is 16.0 Å². The summed E-state index contributed by atoms with van der Waals surface area (Å²) < 4.78 is 5.48. The van der Waals surface area contributed by atoms with Gasteiger partial charge in [-0.15, -0.1) is 0 Å². The standard InChI is InChI=1S/C23H35NO2.C4H8O.C3H8.C2H6/c1-16(2)14-23(5,6)22(24-7)18(4)12-19(15-25)13-20-10-9-17(3)11-21(20)26-8;1-3-4(2)5;1-3-2;1-2/h9-12,15-16,24H,13-14H2,1-8H3;3H2,1-2H3;3H2,1-2H3;1-2H3/b19-12-,22-18-;;;. The van der Waals surface area contributed by atoms with Crippen LogP contribution in [0.5, 0.6) is 5.75 Å². The summed E-state index contributed by atoms with van der Waals surface area (Å²) >= 11 is 0. The number of nitrogens with one attached hydrogen (secondary N) is 1. The number of carbonyl (C=O) groups excluding carboxylic acids is 2. The monoisotopic (exact) mass is 503 g/mol. The topological polar surface area (TPSA) is 55.4 Å². The number of methoxy groups -OCH3 is 1. The molecule has 4 nitrogen and oxygen atoms in total. The quantitative estimate of drug-likeness (QED) is 0.197. The SMILES string of the molecule is CC.CCC.CCC(C)=O.CN/C(=C(C)\C=C(/C=O)Cc1ccc(C)cc1OC)C(C)(C)CC(C)C. The number of benzene rings is 1. The van der Waals surface area contributed by atoms with Gasteiger partial charge in [-0.2, -0.15) is 0 Å². The molecule has 36 heavy (non-hydrogen) atoms. The average Bonchev–Trinajstić information content (AvgIpc) is 2.81. The minimum Gasteiger partial charge on any atom is -0.496 e. The van der Waals surface area contributed by atoms with Crippen molar-refractivity contribution in [2.75, 3.05) is 14.2 Å². The van der Waals surface area contributed by atoms with Crippen LogP contribution in [0.3, 0.4) is 0 Å². The molecule has 0 atom stereocenters. The molecule has 0 amide bonds. The van der Waals surface area contributed by atoms with Crippen LogP contribution in [0.2, 0.25) is 0 Å². The predicted molar refractivity (Wildman–Crippen MR) is 159 cm³/mol. The summed E-state index contributed by atoms with van der Waals surface area (Å²) in [5.74, 6) is 1.69. The van der Waals surface area contributed by atoms with Gasteiger partial charge in [-0.25, -0.2) is 0 Å². The zero-order valence-corrected chi connectivity index (χ0v) is 26.0. The van der Waals surface area contributed by atoms with E-state index in [2.05, 4.69) is 53.8 Å². The van der Waals surface area contributed by atoms with E-state index in [1.165, 1.54) is 12.1 Å². The van der Waals surface area contributed by atoms with E-state index in [0.29, 0.717) is 18.8 Å². The minimum atomic E-state index is 0.0268. The summed E-state index contributed by atoms with van der Waals surface area (Å²) in [6, 6.07) is 6.09. The Hall–Kier alpha value is -2.36. The molecule has 0 heterocycles. The predicted octanol–water partition coefficient (Wildman–Crippen LogP) is 8.67. The number of allylic oxidation sites excluding steroid dienone is 4. The summed E-state index contributed by atoms with van der Waals surface area (Å²) in [4.78, 5) is 21.5. The summed E-state index contributed by atoms with van der Waals surface area (Å²) in [7, 11) is 3.62. The molecule has 0 aliphatic rings. The van der Waals surface area contributed by atoms with E-state index in [-0.39, 0.29) is 11.2 Å². The Bertz CT molecular complexity index is 802. The number of ketones is 1. The highest BCUT2D eigenvalue weighted by atomic mass is 16.5. The van der Waals surface area contributed by atoms with Crippen molar-refractivity contribution in [1.29, 1.82) is 0 Å². The van der Waals surface area contributed by atoms with Crippen LogP contribution >= 0.6 is 0 Å². The third kappa shape index (κ3) is 17.1. The fourth-order valence-corrected chi connectivity index (χ4v) is 3.89. The van der Waals surface area contributed by atoms with Gasteiger partial charge in [-0.1, -0.05) is 86.9 Å². The van der Waals surface area contributed by atoms with E-state index in [1.54, 1.807) is 14.0 Å². The first-order valence-electron chi connectivity index (χ1n) is 13.5. The Morgan fingerprint density at radius 3 is 1.97 bits per heavy atom. The molecule has 1 rings (SSSR count). The smallest absolute Gasteiger partial charge is 0.146 e. The Morgan fingerprint density at radius 1 is 1.11 bits per heavy atom. The fourth-order valence-electron chi connectivity index (χ4n) is 3.89. The minimum absolute atomic E-state index is 0.0268. The van der Waals surface area contributed by atoms with Crippen LogP contribution in [0.25, 0.3) is 0 Å². The van der Waals surface area contributed by atoms with Crippen molar-refractivity contribution in [2.24, 2.45) is 11.3 Å². The van der Waals surface area contributed by atoms with Crippen molar-refractivity contribution in [3.63, 3.8) is 0 Å². The van der Waals surface area contributed by atoms with Crippen LogP contribution in [0.4, 0.5) is 0 Å². The van der Waals surface area contributed by atoms with E-state index >= 15 is 0 Å². The molecule has 4 heteroatoms. The lowest BCUT2D eigenvalue weighted by Gasteiger charge is -2.31. The lowest BCUT2D eigenvalue weighted by Crippen LogP contribution is -2.27. The summed E-state index contributed by atoms with van der Waals surface area (Å²) in [5, 5.41) is 3.37. The van der Waals surface area contributed by atoms with Crippen LogP contribution in [0, 0.1) is 18.3 Å². The van der Waals surface area contributed by atoms with Gasteiger partial charge in [0.05, 0.1) is 7.11 Å². The molecule has 0 fully saturated rings. The van der Waals surface area contributed by atoms with Crippen molar-refractivity contribution >= 4 is 12.1 Å². The molecule has 1 aromatic carbocycles. The Morgan fingerprint density at radius 2 is 1.61 bits per heavy atom. The maximum absolute atomic E-state index is 11.7. The van der Waals surface area contributed by atoms with Crippen molar-refractivity contribution in [2.45, 2.75) is 109 Å². The maximum atomic E-state index is 11.7. The van der Waals surface area contributed by atoms with Crippen molar-refractivity contribution in [3.8, 4) is 5.75 Å². The molecular weight excluding hydrogens is 446 g/mol. The van der Waals surface area contributed by atoms with E-state index < -0.39 is 0 Å². The van der Waals surface area contributed by atoms with Gasteiger partial charge in [-0.05, 0) is 61.4 Å². The molecule has 0 aliphatic carbocycles. The lowest BCUT2D eigenvalue weighted by atomic mass is 9.79. The van der Waals surface area contributed by atoms with Gasteiger partial charge < -0.3 is 14.8 Å². The lowest BCUT2D eigenvalue weighted by molar-refractivity contribution is -0.116. The zero-order chi connectivity index (χ0) is 28.9. The van der Waals surface area contributed by atoms with Gasteiger partial charge in [0.2, 0.25) is 0 Å². The van der Waals surface area contributed by atoms with Crippen LogP contribution in [-0.4, -0.2) is 26.2 Å². The Kier molecular flexibility index (Phi) is 23.2. The normalized spacial score (nSPS) is 11.5. The molecule has 0 radical (unpaired) electrons. The van der Waals surface area contributed by atoms with Gasteiger partial charge in [0, 0.05) is 31.0 Å². The summed E-state index contributed by atoms with van der Waals surface area (Å²) in [6.07, 6.45) is 6.51. The first-order chi connectivity index (χ1) is 16.8. The second-order valence-corrected chi connectivity index (χ2v) is 9.88. The van der Waals surface area contributed by atoms with Crippen LogP contribution in [0.1, 0.15) is 107 Å². The van der Waals surface area contributed by atoms with Crippen LogP contribution < -0.4 is 10.1 Å². The summed E-state index contributed by atoms with van der Waals surface area (Å²) in [6.45, 7) is 24.8. The molecule has 1 aromatic rings. The van der Waals surface area contributed by atoms with Crippen molar-refractivity contribution < 1.29 is 14.3 Å². The molecule has 1 N–H and O–H groups in total. The van der Waals surface area contributed by atoms with Crippen molar-refractivity contribution in [1.82, 2.24) is 5.32 Å². The number of Topliss-reactive ketones (excluding diaryl/α,β-unsaturated/α-hetero) is 1. The highest BCUT2D eigenvalue weighted by molar-refractivity contribution is 5.75. The molecule has 0 unspecified atom stereocenters. The number of hydrogen-bond acceptors (Lipinski definition) is 4. The van der Waals surface area contributed by atoms with E-state index in [9.17, 15) is 9.59 Å². The number of ether oxygens (including phenoxy) is 1. The van der Waals surface area contributed by atoms with Gasteiger partial charge in [0.1, 0.15) is 17.8 Å². The largest absolute Gasteiger partial charge is 0.496 e. The number of hydrogen-bond donors (Lipinski definition) is 1. The van der Waals surface area contributed by atoms with Crippen molar-refractivity contribution in [3.05, 3.63) is 52.2 Å². The molecule has 208 valence electrons. The second kappa shape index (κ2) is 21.9. The molecule has 0 bridgehead atoms. The number of carbonyl (C=O) groups is 2. The first-order valence-corrected chi connectivity index (χ1v) is 13.5. The zero-order valence-electron chi connectivity index (χ0n) is 26.0. The Balaban J connectivity index is -0.000000930. The maximum Gasteiger partial charge on any atom is 0.146 e. The molecule has 0 saturated carbocycles. The molecular formula is C32H57NO3. The molecule has 0 saturated heterocycles. The highest BCUT2D eigenvalue weighted by Crippen LogP contribution is 2.34. The van der Waals surface area contributed by atoms with E-state index in [4.69, 9.17) is 4.74 Å². The first kappa shape index (κ1) is 38.2. The third-order valence-electron chi connectivity index (χ3n) is 5.13. The van der Waals surface area contributed by atoms with Gasteiger partial charge in [-0.3, -0.25) is 4.79 Å². The molecule has 0 aliphatic heterocycles. The van der Waals surface area contributed by atoms with Gasteiger partial charge in [0.25, 0.3) is 0 Å². The molecule has 0 spiro atoms. The van der Waals surface area contributed by atoms with E-state index in [1.807, 2.05) is 59.0 Å².